The smallest absolute Gasteiger partial charge is 0.392 e. The van der Waals surface area contributed by atoms with Crippen molar-refractivity contribution in [2.75, 3.05) is 13.7 Å². The number of methoxy groups -OCH3 is 1. The van der Waals surface area contributed by atoms with Crippen molar-refractivity contribution in [3.63, 3.8) is 0 Å². The monoisotopic (exact) mass is 339 g/mol. The van der Waals surface area contributed by atoms with E-state index in [-0.39, 0.29) is 19.3 Å². The van der Waals surface area contributed by atoms with Gasteiger partial charge in [0.05, 0.1) is 24.8 Å². The molecule has 0 aliphatic heterocycles. The molecule has 0 saturated heterocycles. The van der Waals surface area contributed by atoms with Crippen molar-refractivity contribution in [2.45, 2.75) is 25.4 Å². The van der Waals surface area contributed by atoms with E-state index in [1.165, 1.54) is 13.2 Å². The Kier molecular flexibility index (Phi) is 6.36. The Labute approximate surface area is 139 Å². The van der Waals surface area contributed by atoms with E-state index in [9.17, 15) is 18.3 Å². The van der Waals surface area contributed by atoms with E-state index in [4.69, 9.17) is 4.74 Å². The highest BCUT2D eigenvalue weighted by molar-refractivity contribution is 5.29. The number of ether oxygens (including phenoxy) is 1. The van der Waals surface area contributed by atoms with Gasteiger partial charge in [-0.05, 0) is 28.8 Å². The van der Waals surface area contributed by atoms with Gasteiger partial charge in [-0.3, -0.25) is 0 Å². The van der Waals surface area contributed by atoms with Gasteiger partial charge < -0.3 is 15.2 Å². The highest BCUT2D eigenvalue weighted by Crippen LogP contribution is 2.31. The number of benzene rings is 2. The highest BCUT2D eigenvalue weighted by Gasteiger charge is 2.31. The molecule has 24 heavy (non-hydrogen) atoms. The van der Waals surface area contributed by atoms with Crippen molar-refractivity contribution in [3.05, 3.63) is 70.8 Å². The molecule has 6 heteroatoms. The minimum absolute atomic E-state index is 0.0869. The molecule has 0 heterocycles. The number of hydrogen-bond acceptors (Lipinski definition) is 3. The average Bonchev–Trinajstić information content (AvgIpc) is 2.58. The van der Waals surface area contributed by atoms with E-state index in [0.29, 0.717) is 12.1 Å². The van der Waals surface area contributed by atoms with Crippen molar-refractivity contribution in [3.8, 4) is 0 Å². The topological polar surface area (TPSA) is 41.5 Å². The second kappa shape index (κ2) is 8.28. The zero-order chi connectivity index (χ0) is 17.6. The zero-order valence-electron chi connectivity index (χ0n) is 13.3. The lowest BCUT2D eigenvalue weighted by Crippen LogP contribution is -2.25. The van der Waals surface area contributed by atoms with E-state index < -0.39 is 11.7 Å². The van der Waals surface area contributed by atoms with Gasteiger partial charge >= 0.3 is 6.18 Å². The Morgan fingerprint density at radius 1 is 1.08 bits per heavy atom. The Morgan fingerprint density at radius 3 is 2.42 bits per heavy atom. The summed E-state index contributed by atoms with van der Waals surface area (Å²) in [5.74, 6) is 0. The third-order valence-corrected chi connectivity index (χ3v) is 3.78. The molecule has 3 nitrogen and oxygen atoms in total. The van der Waals surface area contributed by atoms with Crippen LogP contribution in [0.4, 0.5) is 13.2 Å². The molecule has 2 N–H and O–H groups in total. The SMILES string of the molecule is COCC(NCc1ccccc1CO)c1cccc(C(F)(F)F)c1. The van der Waals surface area contributed by atoms with E-state index >= 15 is 0 Å². The van der Waals surface area contributed by atoms with Crippen LogP contribution < -0.4 is 5.32 Å². The molecule has 0 fully saturated rings. The van der Waals surface area contributed by atoms with Gasteiger partial charge in [0.2, 0.25) is 0 Å². The lowest BCUT2D eigenvalue weighted by Gasteiger charge is -2.20. The first-order valence-electron chi connectivity index (χ1n) is 7.53. The maximum atomic E-state index is 12.9. The summed E-state index contributed by atoms with van der Waals surface area (Å²) in [4.78, 5) is 0. The molecule has 0 aliphatic rings. The van der Waals surface area contributed by atoms with Crippen LogP contribution in [0.2, 0.25) is 0 Å². The van der Waals surface area contributed by atoms with Crippen LogP contribution >= 0.6 is 0 Å². The number of aliphatic hydroxyl groups excluding tert-OH is 1. The van der Waals surface area contributed by atoms with Gasteiger partial charge in [-0.25, -0.2) is 0 Å². The van der Waals surface area contributed by atoms with E-state index in [1.54, 1.807) is 6.07 Å². The molecule has 2 aromatic carbocycles. The van der Waals surface area contributed by atoms with Crippen LogP contribution in [-0.4, -0.2) is 18.8 Å². The number of alkyl halides is 3. The fraction of sp³-hybridized carbons (Fsp3) is 0.333. The number of halogens is 3. The van der Waals surface area contributed by atoms with Crippen LogP contribution in [0, 0.1) is 0 Å². The Balaban J connectivity index is 2.18. The summed E-state index contributed by atoms with van der Waals surface area (Å²) in [7, 11) is 1.50. The summed E-state index contributed by atoms with van der Waals surface area (Å²) < 4.78 is 43.8. The lowest BCUT2D eigenvalue weighted by molar-refractivity contribution is -0.137. The minimum atomic E-state index is -4.38. The zero-order valence-corrected chi connectivity index (χ0v) is 13.3. The average molecular weight is 339 g/mol. The molecule has 1 unspecified atom stereocenters. The largest absolute Gasteiger partial charge is 0.416 e. The van der Waals surface area contributed by atoms with Gasteiger partial charge in [0.1, 0.15) is 0 Å². The summed E-state index contributed by atoms with van der Waals surface area (Å²) in [6.07, 6.45) is -4.38. The second-order valence-corrected chi connectivity index (χ2v) is 5.44. The molecule has 130 valence electrons. The first-order chi connectivity index (χ1) is 11.5. The molecule has 0 aromatic heterocycles. The third kappa shape index (κ3) is 4.80. The summed E-state index contributed by atoms with van der Waals surface area (Å²) >= 11 is 0. The van der Waals surface area contributed by atoms with Crippen LogP contribution in [0.25, 0.3) is 0 Å². The summed E-state index contributed by atoms with van der Waals surface area (Å²) in [6.45, 7) is 0.569. The van der Waals surface area contributed by atoms with Crippen molar-refractivity contribution in [2.24, 2.45) is 0 Å². The van der Waals surface area contributed by atoms with Crippen LogP contribution in [0.1, 0.15) is 28.3 Å². The lowest BCUT2D eigenvalue weighted by atomic mass is 10.0. The van der Waals surface area contributed by atoms with E-state index in [0.717, 1.165) is 23.3 Å². The normalized spacial score (nSPS) is 13.0. The van der Waals surface area contributed by atoms with Gasteiger partial charge in [0.15, 0.2) is 0 Å². The maximum absolute atomic E-state index is 12.9. The van der Waals surface area contributed by atoms with Gasteiger partial charge in [-0.15, -0.1) is 0 Å². The van der Waals surface area contributed by atoms with Crippen LogP contribution in [-0.2, 0) is 24.1 Å². The predicted octanol–water partition coefficient (Wildman–Crippen LogP) is 3.68. The molecular formula is C18H20F3NO2. The quantitative estimate of drug-likeness (QED) is 0.809. The van der Waals surface area contributed by atoms with E-state index in [2.05, 4.69) is 5.32 Å². The van der Waals surface area contributed by atoms with Crippen LogP contribution in [0.5, 0.6) is 0 Å². The van der Waals surface area contributed by atoms with Crippen molar-refractivity contribution in [1.29, 1.82) is 0 Å². The van der Waals surface area contributed by atoms with Crippen LogP contribution in [0.3, 0.4) is 0 Å². The summed E-state index contributed by atoms with van der Waals surface area (Å²) in [6, 6.07) is 12.2. The number of rotatable bonds is 7. The second-order valence-electron chi connectivity index (χ2n) is 5.44. The molecule has 2 rings (SSSR count). The van der Waals surface area contributed by atoms with Gasteiger partial charge in [-0.2, -0.15) is 13.2 Å². The standard InChI is InChI=1S/C18H20F3NO2/c1-24-12-17(13-7-4-8-16(9-13)18(19,20)21)22-10-14-5-2-3-6-15(14)11-23/h2-9,17,22-23H,10-12H2,1H3. The molecular weight excluding hydrogens is 319 g/mol. The van der Waals surface area contributed by atoms with Crippen molar-refractivity contribution < 1.29 is 23.0 Å². The van der Waals surface area contributed by atoms with Gasteiger partial charge in [-0.1, -0.05) is 36.4 Å². The number of hydrogen-bond donors (Lipinski definition) is 2. The molecule has 0 radical (unpaired) electrons. The first kappa shape index (κ1) is 18.4. The third-order valence-electron chi connectivity index (χ3n) is 3.78. The molecule has 1 atom stereocenters. The molecule has 0 spiro atoms. The Morgan fingerprint density at radius 2 is 1.79 bits per heavy atom. The summed E-state index contributed by atoms with van der Waals surface area (Å²) in [5, 5.41) is 12.6. The fourth-order valence-electron chi connectivity index (χ4n) is 2.49. The molecule has 0 aliphatic carbocycles. The predicted molar refractivity (Wildman–Crippen MR) is 85.3 cm³/mol. The van der Waals surface area contributed by atoms with Crippen LogP contribution in [0.15, 0.2) is 48.5 Å². The molecule has 0 bridgehead atoms. The van der Waals surface area contributed by atoms with Crippen molar-refractivity contribution >= 4 is 0 Å². The molecule has 0 amide bonds. The van der Waals surface area contributed by atoms with Gasteiger partial charge in [0.25, 0.3) is 0 Å². The Bertz CT molecular complexity index is 659. The molecule has 0 saturated carbocycles. The van der Waals surface area contributed by atoms with E-state index in [1.807, 2.05) is 24.3 Å². The minimum Gasteiger partial charge on any atom is -0.392 e. The fourth-order valence-corrected chi connectivity index (χ4v) is 2.49. The number of nitrogens with one attached hydrogen (secondary N) is 1. The molecule has 2 aromatic rings. The first-order valence-corrected chi connectivity index (χ1v) is 7.53. The maximum Gasteiger partial charge on any atom is 0.416 e. The Hall–Kier alpha value is -1.89. The number of aliphatic hydroxyl groups is 1. The summed E-state index contributed by atoms with van der Waals surface area (Å²) in [5.41, 5.74) is 1.50. The van der Waals surface area contributed by atoms with Gasteiger partial charge in [0, 0.05) is 13.7 Å². The van der Waals surface area contributed by atoms with Crippen molar-refractivity contribution in [1.82, 2.24) is 5.32 Å². The highest BCUT2D eigenvalue weighted by atomic mass is 19.4.